The van der Waals surface area contributed by atoms with Crippen LogP contribution in [-0.2, 0) is 0 Å². The fourth-order valence-corrected chi connectivity index (χ4v) is 3.07. The molecule has 0 fully saturated rings. The maximum atomic E-state index is 14.0. The molecule has 3 N–H and O–H groups in total. The SMILES string of the molecule is NCC(c1ccccc1Br)C(O)c1ccc(Br)cc1F. The molecule has 0 aliphatic heterocycles. The fraction of sp³-hybridized carbons (Fsp3) is 0.200. The molecule has 0 aliphatic carbocycles. The monoisotopic (exact) mass is 401 g/mol. The van der Waals surface area contributed by atoms with Crippen molar-refractivity contribution in [3.63, 3.8) is 0 Å². The third-order valence-electron chi connectivity index (χ3n) is 3.22. The van der Waals surface area contributed by atoms with Crippen molar-refractivity contribution in [3.05, 3.63) is 68.4 Å². The van der Waals surface area contributed by atoms with Crippen LogP contribution in [0.4, 0.5) is 4.39 Å². The van der Waals surface area contributed by atoms with E-state index in [1.54, 1.807) is 12.1 Å². The summed E-state index contributed by atoms with van der Waals surface area (Å²) in [6.07, 6.45) is -0.994. The lowest BCUT2D eigenvalue weighted by Crippen LogP contribution is -2.21. The van der Waals surface area contributed by atoms with Crippen molar-refractivity contribution in [2.45, 2.75) is 12.0 Å². The molecule has 0 saturated carbocycles. The Labute approximate surface area is 134 Å². The van der Waals surface area contributed by atoms with Gasteiger partial charge in [0.15, 0.2) is 0 Å². The van der Waals surface area contributed by atoms with E-state index in [2.05, 4.69) is 31.9 Å². The van der Waals surface area contributed by atoms with Gasteiger partial charge in [-0.2, -0.15) is 0 Å². The summed E-state index contributed by atoms with van der Waals surface area (Å²) in [7, 11) is 0. The van der Waals surface area contributed by atoms with Gasteiger partial charge in [-0.05, 0) is 23.8 Å². The van der Waals surface area contributed by atoms with Crippen LogP contribution in [0.15, 0.2) is 51.4 Å². The van der Waals surface area contributed by atoms with Gasteiger partial charge in [-0.1, -0.05) is 56.1 Å². The van der Waals surface area contributed by atoms with Gasteiger partial charge in [0.25, 0.3) is 0 Å². The van der Waals surface area contributed by atoms with Crippen molar-refractivity contribution < 1.29 is 9.50 Å². The number of hydrogen-bond acceptors (Lipinski definition) is 2. The van der Waals surface area contributed by atoms with Crippen LogP contribution in [0.25, 0.3) is 0 Å². The van der Waals surface area contributed by atoms with Crippen molar-refractivity contribution in [2.75, 3.05) is 6.54 Å². The van der Waals surface area contributed by atoms with E-state index in [-0.39, 0.29) is 18.0 Å². The van der Waals surface area contributed by atoms with Crippen molar-refractivity contribution in [1.29, 1.82) is 0 Å². The zero-order valence-electron chi connectivity index (χ0n) is 10.6. The minimum atomic E-state index is -0.994. The molecule has 2 nitrogen and oxygen atoms in total. The smallest absolute Gasteiger partial charge is 0.130 e. The summed E-state index contributed by atoms with van der Waals surface area (Å²) in [5.41, 5.74) is 6.89. The highest BCUT2D eigenvalue weighted by molar-refractivity contribution is 9.10. The molecule has 0 aliphatic rings. The number of nitrogens with two attached hydrogens (primary N) is 1. The van der Waals surface area contributed by atoms with Crippen LogP contribution in [-0.4, -0.2) is 11.7 Å². The van der Waals surface area contributed by atoms with Crippen molar-refractivity contribution in [3.8, 4) is 0 Å². The molecule has 0 heterocycles. The topological polar surface area (TPSA) is 46.2 Å². The molecule has 2 aromatic carbocycles. The van der Waals surface area contributed by atoms with Gasteiger partial charge in [-0.25, -0.2) is 4.39 Å². The van der Waals surface area contributed by atoms with E-state index >= 15 is 0 Å². The zero-order chi connectivity index (χ0) is 14.7. The molecule has 0 saturated heterocycles. The first kappa shape index (κ1) is 15.6. The zero-order valence-corrected chi connectivity index (χ0v) is 13.7. The molecule has 0 bridgehead atoms. The van der Waals surface area contributed by atoms with Gasteiger partial charge < -0.3 is 10.8 Å². The van der Waals surface area contributed by atoms with Gasteiger partial charge in [-0.15, -0.1) is 0 Å². The van der Waals surface area contributed by atoms with Crippen LogP contribution in [0, 0.1) is 5.82 Å². The summed E-state index contributed by atoms with van der Waals surface area (Å²) in [6.45, 7) is 0.222. The first-order valence-corrected chi connectivity index (χ1v) is 7.70. The molecule has 2 unspecified atom stereocenters. The molecule has 5 heteroatoms. The summed E-state index contributed by atoms with van der Waals surface area (Å²) in [5.74, 6) is -0.821. The van der Waals surface area contributed by atoms with Crippen LogP contribution in [0.1, 0.15) is 23.1 Å². The van der Waals surface area contributed by atoms with E-state index in [0.29, 0.717) is 4.47 Å². The van der Waals surface area contributed by atoms with Crippen LogP contribution < -0.4 is 5.73 Å². The van der Waals surface area contributed by atoms with Gasteiger partial charge in [-0.3, -0.25) is 0 Å². The molecular weight excluding hydrogens is 389 g/mol. The fourth-order valence-electron chi connectivity index (χ4n) is 2.16. The summed E-state index contributed by atoms with van der Waals surface area (Å²) in [5, 5.41) is 10.5. The highest BCUT2D eigenvalue weighted by Gasteiger charge is 2.25. The molecule has 0 radical (unpaired) electrons. The number of aliphatic hydroxyl groups excluding tert-OH is 1. The van der Waals surface area contributed by atoms with Crippen LogP contribution >= 0.6 is 31.9 Å². The van der Waals surface area contributed by atoms with Gasteiger partial charge >= 0.3 is 0 Å². The van der Waals surface area contributed by atoms with Crippen LogP contribution in [0.5, 0.6) is 0 Å². The Morgan fingerprint density at radius 3 is 2.40 bits per heavy atom. The number of rotatable bonds is 4. The lowest BCUT2D eigenvalue weighted by atomic mass is 9.89. The Hall–Kier alpha value is -0.750. The van der Waals surface area contributed by atoms with Crippen LogP contribution in [0.2, 0.25) is 0 Å². The molecule has 106 valence electrons. The van der Waals surface area contributed by atoms with E-state index in [1.807, 2.05) is 24.3 Å². The quantitative estimate of drug-likeness (QED) is 0.807. The van der Waals surface area contributed by atoms with Gasteiger partial charge in [0.1, 0.15) is 5.82 Å². The Bertz CT molecular complexity index is 606. The summed E-state index contributed by atoms with van der Waals surface area (Å²) < 4.78 is 15.5. The Kier molecular flexibility index (Phi) is 5.32. The standard InChI is InChI=1S/C15H14Br2FNO/c16-9-5-6-11(14(18)7-9)15(20)12(8-19)10-3-1-2-4-13(10)17/h1-7,12,15,20H,8,19H2. The van der Waals surface area contributed by atoms with Crippen molar-refractivity contribution >= 4 is 31.9 Å². The Morgan fingerprint density at radius 2 is 1.80 bits per heavy atom. The van der Waals surface area contributed by atoms with Crippen molar-refractivity contribution in [2.24, 2.45) is 5.73 Å². The van der Waals surface area contributed by atoms with E-state index in [4.69, 9.17) is 5.73 Å². The average Bonchev–Trinajstić information content (AvgIpc) is 2.41. The minimum Gasteiger partial charge on any atom is -0.388 e. The average molecular weight is 403 g/mol. The Balaban J connectivity index is 2.39. The van der Waals surface area contributed by atoms with Crippen LogP contribution in [0.3, 0.4) is 0 Å². The predicted molar refractivity (Wildman–Crippen MR) is 85.0 cm³/mol. The molecule has 0 amide bonds. The highest BCUT2D eigenvalue weighted by atomic mass is 79.9. The first-order valence-electron chi connectivity index (χ1n) is 6.12. The summed E-state index contributed by atoms with van der Waals surface area (Å²) >= 11 is 6.64. The number of aliphatic hydroxyl groups is 1. The molecule has 2 rings (SSSR count). The predicted octanol–water partition coefficient (Wildman–Crippen LogP) is 4.13. The molecule has 2 atom stereocenters. The molecule has 0 aromatic heterocycles. The number of hydrogen-bond donors (Lipinski definition) is 2. The third-order valence-corrected chi connectivity index (χ3v) is 4.44. The van der Waals surface area contributed by atoms with E-state index in [9.17, 15) is 9.50 Å². The summed E-state index contributed by atoms with van der Waals surface area (Å²) in [6, 6.07) is 12.1. The maximum Gasteiger partial charge on any atom is 0.130 e. The van der Waals surface area contributed by atoms with Gasteiger partial charge in [0.2, 0.25) is 0 Å². The number of halogens is 3. The molecule has 2 aromatic rings. The summed E-state index contributed by atoms with van der Waals surface area (Å²) in [4.78, 5) is 0. The lowest BCUT2D eigenvalue weighted by molar-refractivity contribution is 0.143. The lowest BCUT2D eigenvalue weighted by Gasteiger charge is -2.23. The number of benzene rings is 2. The minimum absolute atomic E-state index is 0.222. The third kappa shape index (κ3) is 3.28. The maximum absolute atomic E-state index is 14.0. The Morgan fingerprint density at radius 1 is 1.10 bits per heavy atom. The van der Waals surface area contributed by atoms with Gasteiger partial charge in [0.05, 0.1) is 6.10 Å². The largest absolute Gasteiger partial charge is 0.388 e. The van der Waals surface area contributed by atoms with E-state index < -0.39 is 11.9 Å². The second-order valence-corrected chi connectivity index (χ2v) is 6.24. The second-order valence-electron chi connectivity index (χ2n) is 4.47. The highest BCUT2D eigenvalue weighted by Crippen LogP contribution is 2.35. The van der Waals surface area contributed by atoms with E-state index in [1.165, 1.54) is 6.07 Å². The molecular formula is C15H14Br2FNO. The molecule has 20 heavy (non-hydrogen) atoms. The molecule has 0 spiro atoms. The first-order chi connectivity index (χ1) is 9.54. The second kappa shape index (κ2) is 6.80. The van der Waals surface area contributed by atoms with Crippen molar-refractivity contribution in [1.82, 2.24) is 0 Å². The van der Waals surface area contributed by atoms with Gasteiger partial charge in [0, 0.05) is 27.0 Å². The van der Waals surface area contributed by atoms with E-state index in [0.717, 1.165) is 10.0 Å². The normalized spacial score (nSPS) is 14.1.